The predicted octanol–water partition coefficient (Wildman–Crippen LogP) is 3.18. The molecule has 0 amide bonds. The van der Waals surface area contributed by atoms with E-state index < -0.39 is 10.2 Å². The minimum Gasteiger partial charge on any atom is -0.457 e. The number of carbonyl (C=O) groups is 1. The number of benzene rings is 2. The first-order chi connectivity index (χ1) is 12.9. The van der Waals surface area contributed by atoms with Crippen molar-refractivity contribution in [2.24, 2.45) is 5.92 Å². The Hall–Kier alpha value is -2.22. The van der Waals surface area contributed by atoms with Crippen molar-refractivity contribution in [3.63, 3.8) is 0 Å². The number of ketones is 1. The van der Waals surface area contributed by atoms with Crippen molar-refractivity contribution in [2.45, 2.75) is 12.8 Å². The number of ether oxygens (including phenoxy) is 1. The smallest absolute Gasteiger partial charge is 0.281 e. The Balaban J connectivity index is 1.68. The van der Waals surface area contributed by atoms with E-state index in [2.05, 4.69) is 0 Å². The fraction of sp³-hybridized carbons (Fsp3) is 0.350. The summed E-state index contributed by atoms with van der Waals surface area (Å²) in [7, 11) is -0.483. The fourth-order valence-corrected chi connectivity index (χ4v) is 4.33. The van der Waals surface area contributed by atoms with Crippen LogP contribution in [-0.2, 0) is 10.2 Å². The zero-order valence-corrected chi connectivity index (χ0v) is 16.4. The van der Waals surface area contributed by atoms with Gasteiger partial charge in [-0.05, 0) is 49.2 Å². The number of nitrogens with zero attached hydrogens (tertiary/aromatic N) is 2. The van der Waals surface area contributed by atoms with Gasteiger partial charge in [0.2, 0.25) is 0 Å². The molecule has 1 unspecified atom stereocenters. The maximum Gasteiger partial charge on any atom is 0.281 e. The third kappa shape index (κ3) is 4.55. The molecule has 1 aliphatic rings. The average molecular weight is 388 g/mol. The molecule has 1 saturated heterocycles. The van der Waals surface area contributed by atoms with Crippen LogP contribution in [0.1, 0.15) is 23.2 Å². The van der Waals surface area contributed by atoms with E-state index in [0.29, 0.717) is 30.7 Å². The first kappa shape index (κ1) is 19.5. The summed E-state index contributed by atoms with van der Waals surface area (Å²) in [6.07, 6.45) is 1.37. The highest BCUT2D eigenvalue weighted by atomic mass is 32.2. The molecule has 144 valence electrons. The monoisotopic (exact) mass is 388 g/mol. The lowest BCUT2D eigenvalue weighted by molar-refractivity contribution is 0.0870. The van der Waals surface area contributed by atoms with Gasteiger partial charge in [0.15, 0.2) is 5.78 Å². The second-order valence-corrected chi connectivity index (χ2v) is 8.93. The highest BCUT2D eigenvalue weighted by molar-refractivity contribution is 7.86. The Morgan fingerprint density at radius 3 is 2.30 bits per heavy atom. The van der Waals surface area contributed by atoms with Crippen LogP contribution in [0.15, 0.2) is 54.6 Å². The van der Waals surface area contributed by atoms with Crippen LogP contribution < -0.4 is 4.74 Å². The SMILES string of the molecule is CN(C)S(=O)(=O)N1CCCC(C(=O)c2ccc(Oc3ccccc3)cc2)C1. The third-order valence-corrected chi connectivity index (χ3v) is 6.57. The summed E-state index contributed by atoms with van der Waals surface area (Å²) in [6.45, 7) is 0.676. The maximum atomic E-state index is 12.8. The zero-order chi connectivity index (χ0) is 19.4. The molecule has 7 heteroatoms. The average Bonchev–Trinajstić information content (AvgIpc) is 2.69. The van der Waals surface area contributed by atoms with Crippen LogP contribution in [0.2, 0.25) is 0 Å². The number of para-hydroxylation sites is 1. The van der Waals surface area contributed by atoms with Gasteiger partial charge in [0, 0.05) is 38.7 Å². The molecular formula is C20H24N2O4S. The lowest BCUT2D eigenvalue weighted by atomic mass is 9.91. The van der Waals surface area contributed by atoms with Crippen molar-refractivity contribution >= 4 is 16.0 Å². The van der Waals surface area contributed by atoms with Gasteiger partial charge in [-0.2, -0.15) is 17.0 Å². The van der Waals surface area contributed by atoms with Crippen molar-refractivity contribution in [1.29, 1.82) is 0 Å². The van der Waals surface area contributed by atoms with Crippen molar-refractivity contribution in [2.75, 3.05) is 27.2 Å². The number of rotatable bonds is 6. The zero-order valence-electron chi connectivity index (χ0n) is 15.5. The topological polar surface area (TPSA) is 66.9 Å². The van der Waals surface area contributed by atoms with Crippen molar-refractivity contribution in [3.8, 4) is 11.5 Å². The summed E-state index contributed by atoms with van der Waals surface area (Å²) in [4.78, 5) is 12.8. The molecular weight excluding hydrogens is 364 g/mol. The summed E-state index contributed by atoms with van der Waals surface area (Å²) >= 11 is 0. The maximum absolute atomic E-state index is 12.8. The molecule has 3 rings (SSSR count). The van der Waals surface area contributed by atoms with Crippen molar-refractivity contribution in [3.05, 3.63) is 60.2 Å². The van der Waals surface area contributed by atoms with E-state index in [1.54, 1.807) is 24.3 Å². The Bertz CT molecular complexity index is 880. The van der Waals surface area contributed by atoms with Crippen LogP contribution in [0, 0.1) is 5.92 Å². The van der Waals surface area contributed by atoms with E-state index in [9.17, 15) is 13.2 Å². The van der Waals surface area contributed by atoms with Gasteiger partial charge < -0.3 is 4.74 Å². The number of piperidine rings is 1. The second kappa shape index (κ2) is 8.21. The third-order valence-electron chi connectivity index (χ3n) is 4.66. The molecule has 0 aromatic heterocycles. The fourth-order valence-electron chi connectivity index (χ4n) is 3.14. The first-order valence-corrected chi connectivity index (χ1v) is 10.3. The summed E-state index contributed by atoms with van der Waals surface area (Å²) in [5.41, 5.74) is 0.574. The Morgan fingerprint density at radius 2 is 1.67 bits per heavy atom. The quantitative estimate of drug-likeness (QED) is 0.713. The van der Waals surface area contributed by atoms with Crippen LogP contribution in [-0.4, -0.2) is 50.0 Å². The molecule has 1 heterocycles. The van der Waals surface area contributed by atoms with Crippen LogP contribution in [0.5, 0.6) is 11.5 Å². The molecule has 0 spiro atoms. The van der Waals surface area contributed by atoms with E-state index in [4.69, 9.17) is 4.74 Å². The van der Waals surface area contributed by atoms with Gasteiger partial charge in [0.05, 0.1) is 0 Å². The van der Waals surface area contributed by atoms with Crippen molar-refractivity contribution < 1.29 is 17.9 Å². The standard InChI is InChI=1S/C20H24N2O4S/c1-21(2)27(24,25)22-14-6-7-17(15-22)20(23)16-10-12-19(13-11-16)26-18-8-4-3-5-9-18/h3-5,8-13,17H,6-7,14-15H2,1-2H3. The predicted molar refractivity (Wildman–Crippen MR) is 104 cm³/mol. The number of carbonyl (C=O) groups excluding carboxylic acids is 1. The second-order valence-electron chi connectivity index (χ2n) is 6.79. The van der Waals surface area contributed by atoms with Gasteiger partial charge in [0.1, 0.15) is 11.5 Å². The molecule has 1 fully saturated rings. The number of hydrogen-bond donors (Lipinski definition) is 0. The highest BCUT2D eigenvalue weighted by Crippen LogP contribution is 2.26. The highest BCUT2D eigenvalue weighted by Gasteiger charge is 2.33. The lowest BCUT2D eigenvalue weighted by Crippen LogP contribution is -2.46. The van der Waals surface area contributed by atoms with Gasteiger partial charge in [-0.3, -0.25) is 4.79 Å². The summed E-state index contributed by atoms with van der Waals surface area (Å²) < 4.78 is 33.0. The van der Waals surface area contributed by atoms with E-state index in [1.165, 1.54) is 22.7 Å². The van der Waals surface area contributed by atoms with Gasteiger partial charge in [-0.1, -0.05) is 18.2 Å². The Labute approximate surface area is 160 Å². The summed E-state index contributed by atoms with van der Waals surface area (Å²) in [6, 6.07) is 16.4. The molecule has 27 heavy (non-hydrogen) atoms. The molecule has 0 N–H and O–H groups in total. The van der Waals surface area contributed by atoms with E-state index in [1.807, 2.05) is 30.3 Å². The van der Waals surface area contributed by atoms with Crippen LogP contribution in [0.25, 0.3) is 0 Å². The molecule has 2 aromatic rings. The number of hydrogen-bond acceptors (Lipinski definition) is 4. The molecule has 0 saturated carbocycles. The summed E-state index contributed by atoms with van der Waals surface area (Å²) in [5.74, 6) is 1.03. The first-order valence-electron chi connectivity index (χ1n) is 8.92. The van der Waals surface area contributed by atoms with Crippen molar-refractivity contribution in [1.82, 2.24) is 8.61 Å². The molecule has 2 aromatic carbocycles. The van der Waals surface area contributed by atoms with E-state index in [0.717, 1.165) is 5.75 Å². The Morgan fingerprint density at radius 1 is 1.04 bits per heavy atom. The Kier molecular flexibility index (Phi) is 5.94. The van der Waals surface area contributed by atoms with Gasteiger partial charge in [-0.15, -0.1) is 0 Å². The molecule has 1 aliphatic heterocycles. The van der Waals surface area contributed by atoms with Gasteiger partial charge in [-0.25, -0.2) is 0 Å². The molecule has 0 bridgehead atoms. The van der Waals surface area contributed by atoms with Crippen LogP contribution in [0.4, 0.5) is 0 Å². The lowest BCUT2D eigenvalue weighted by Gasteiger charge is -2.32. The van der Waals surface area contributed by atoms with Crippen LogP contribution >= 0.6 is 0 Å². The van der Waals surface area contributed by atoms with Gasteiger partial charge in [0.25, 0.3) is 10.2 Å². The molecule has 1 atom stereocenters. The minimum atomic E-state index is -3.50. The largest absolute Gasteiger partial charge is 0.457 e. The summed E-state index contributed by atoms with van der Waals surface area (Å²) in [5, 5.41) is 0. The van der Waals surface area contributed by atoms with Gasteiger partial charge >= 0.3 is 0 Å². The van der Waals surface area contributed by atoms with Crippen LogP contribution in [0.3, 0.4) is 0 Å². The minimum absolute atomic E-state index is 0.0279. The molecule has 0 radical (unpaired) electrons. The molecule has 0 aliphatic carbocycles. The van der Waals surface area contributed by atoms with E-state index >= 15 is 0 Å². The number of Topliss-reactive ketones (excluding diaryl/α,β-unsaturated/α-hetero) is 1. The normalized spacial score (nSPS) is 18.4. The van der Waals surface area contributed by atoms with E-state index in [-0.39, 0.29) is 18.2 Å². The molecule has 6 nitrogen and oxygen atoms in total.